The molecule has 1 aromatic carbocycles. The molecule has 15 heavy (non-hydrogen) atoms. The van der Waals surface area contributed by atoms with Crippen molar-refractivity contribution < 1.29 is 14.3 Å². The third-order valence-electron chi connectivity index (χ3n) is 1.99. The average molecular weight is 226 g/mol. The number of ether oxygens (including phenoxy) is 2. The van der Waals surface area contributed by atoms with Gasteiger partial charge in [0.15, 0.2) is 11.5 Å². The third kappa shape index (κ3) is 1.80. The van der Waals surface area contributed by atoms with Crippen molar-refractivity contribution in [2.24, 2.45) is 0 Å². The van der Waals surface area contributed by atoms with E-state index >= 15 is 0 Å². The Morgan fingerprint density at radius 3 is 2.53 bits per heavy atom. The average Bonchev–Trinajstić information content (AvgIpc) is 2.27. The SMILES string of the molecule is COc1cc2c(cc1OC)SNC(=O)N2. The number of urea groups is 1. The lowest BCUT2D eigenvalue weighted by molar-refractivity contribution is 0.257. The zero-order valence-electron chi connectivity index (χ0n) is 8.29. The van der Waals surface area contributed by atoms with Crippen LogP contribution < -0.4 is 19.5 Å². The van der Waals surface area contributed by atoms with E-state index in [4.69, 9.17) is 9.47 Å². The Morgan fingerprint density at radius 1 is 1.20 bits per heavy atom. The molecule has 1 aliphatic heterocycles. The molecule has 80 valence electrons. The summed E-state index contributed by atoms with van der Waals surface area (Å²) < 4.78 is 12.9. The summed E-state index contributed by atoms with van der Waals surface area (Å²) in [6.45, 7) is 0. The molecule has 2 N–H and O–H groups in total. The van der Waals surface area contributed by atoms with Gasteiger partial charge in [0.05, 0.1) is 24.8 Å². The quantitative estimate of drug-likeness (QED) is 0.755. The van der Waals surface area contributed by atoms with Gasteiger partial charge in [-0.2, -0.15) is 0 Å². The van der Waals surface area contributed by atoms with Crippen LogP contribution in [0.3, 0.4) is 0 Å². The predicted molar refractivity (Wildman–Crippen MR) is 57.6 cm³/mol. The molecule has 0 saturated carbocycles. The Hall–Kier alpha value is -1.56. The van der Waals surface area contributed by atoms with Gasteiger partial charge in [-0.1, -0.05) is 0 Å². The zero-order valence-corrected chi connectivity index (χ0v) is 9.10. The van der Waals surface area contributed by atoms with Crippen LogP contribution in [-0.2, 0) is 0 Å². The highest BCUT2D eigenvalue weighted by Gasteiger charge is 2.18. The number of carbonyl (C=O) groups is 1. The van der Waals surface area contributed by atoms with E-state index in [1.54, 1.807) is 20.3 Å². The topological polar surface area (TPSA) is 59.6 Å². The van der Waals surface area contributed by atoms with Gasteiger partial charge in [-0.15, -0.1) is 0 Å². The van der Waals surface area contributed by atoms with E-state index in [1.807, 2.05) is 6.07 Å². The Morgan fingerprint density at radius 2 is 1.87 bits per heavy atom. The first-order chi connectivity index (χ1) is 7.24. The van der Waals surface area contributed by atoms with Crippen LogP contribution in [-0.4, -0.2) is 20.3 Å². The van der Waals surface area contributed by atoms with Gasteiger partial charge in [0, 0.05) is 12.1 Å². The van der Waals surface area contributed by atoms with Gasteiger partial charge in [0.25, 0.3) is 0 Å². The number of fused-ring (bicyclic) bond motifs is 1. The van der Waals surface area contributed by atoms with Crippen molar-refractivity contribution in [3.63, 3.8) is 0 Å². The smallest absolute Gasteiger partial charge is 0.329 e. The molecule has 2 rings (SSSR count). The van der Waals surface area contributed by atoms with E-state index in [2.05, 4.69) is 10.0 Å². The van der Waals surface area contributed by atoms with Crippen molar-refractivity contribution >= 4 is 23.7 Å². The fourth-order valence-corrected chi connectivity index (χ4v) is 1.93. The largest absolute Gasteiger partial charge is 0.493 e. The van der Waals surface area contributed by atoms with E-state index in [1.165, 1.54) is 11.9 Å². The van der Waals surface area contributed by atoms with Crippen LogP contribution in [0.2, 0.25) is 0 Å². The van der Waals surface area contributed by atoms with E-state index in [-0.39, 0.29) is 6.03 Å². The second-order valence-electron chi connectivity index (χ2n) is 2.86. The van der Waals surface area contributed by atoms with Crippen molar-refractivity contribution in [2.45, 2.75) is 4.90 Å². The van der Waals surface area contributed by atoms with Gasteiger partial charge in [-0.05, 0) is 11.9 Å². The maximum atomic E-state index is 11.1. The molecular weight excluding hydrogens is 216 g/mol. The van der Waals surface area contributed by atoms with Crippen LogP contribution in [0.25, 0.3) is 0 Å². The molecule has 5 nitrogen and oxygen atoms in total. The molecule has 1 aliphatic rings. The van der Waals surface area contributed by atoms with Gasteiger partial charge in [0.2, 0.25) is 0 Å². The summed E-state index contributed by atoms with van der Waals surface area (Å²) in [6.07, 6.45) is 0. The van der Waals surface area contributed by atoms with Crippen LogP contribution in [0, 0.1) is 0 Å². The van der Waals surface area contributed by atoms with Crippen molar-refractivity contribution in [2.75, 3.05) is 19.5 Å². The number of rotatable bonds is 2. The number of anilines is 1. The second kappa shape index (κ2) is 3.90. The van der Waals surface area contributed by atoms with Crippen LogP contribution in [0.15, 0.2) is 17.0 Å². The molecule has 0 spiro atoms. The maximum Gasteiger partial charge on any atom is 0.329 e. The van der Waals surface area contributed by atoms with Crippen molar-refractivity contribution in [3.8, 4) is 11.5 Å². The maximum absolute atomic E-state index is 11.1. The number of hydrogen-bond acceptors (Lipinski definition) is 4. The summed E-state index contributed by atoms with van der Waals surface area (Å²) in [5.41, 5.74) is 0.724. The van der Waals surface area contributed by atoms with E-state index in [0.717, 1.165) is 10.6 Å². The normalized spacial score (nSPS) is 13.6. The van der Waals surface area contributed by atoms with Crippen LogP contribution in [0.1, 0.15) is 0 Å². The molecule has 2 amide bonds. The molecule has 0 aliphatic carbocycles. The van der Waals surface area contributed by atoms with Crippen LogP contribution >= 0.6 is 11.9 Å². The summed E-state index contributed by atoms with van der Waals surface area (Å²) in [6, 6.07) is 3.31. The van der Waals surface area contributed by atoms with Crippen LogP contribution in [0.5, 0.6) is 11.5 Å². The number of amides is 2. The predicted octanol–water partition coefficient (Wildman–Crippen LogP) is 1.85. The Labute approximate surface area is 91.3 Å². The molecule has 0 radical (unpaired) electrons. The fourth-order valence-electron chi connectivity index (χ4n) is 1.29. The molecule has 1 aromatic rings. The van der Waals surface area contributed by atoms with E-state index in [0.29, 0.717) is 11.5 Å². The second-order valence-corrected chi connectivity index (χ2v) is 3.71. The number of benzene rings is 1. The van der Waals surface area contributed by atoms with Gasteiger partial charge in [-0.3, -0.25) is 4.72 Å². The first-order valence-corrected chi connectivity index (χ1v) is 5.06. The molecule has 1 heterocycles. The lowest BCUT2D eigenvalue weighted by Gasteiger charge is -2.19. The number of methoxy groups -OCH3 is 2. The molecule has 0 fully saturated rings. The van der Waals surface area contributed by atoms with Crippen molar-refractivity contribution in [1.29, 1.82) is 0 Å². The summed E-state index contributed by atoms with van der Waals surface area (Å²) >= 11 is 1.25. The van der Waals surface area contributed by atoms with Gasteiger partial charge < -0.3 is 14.8 Å². The molecular formula is C9H10N2O3S. The molecule has 0 bridgehead atoms. The molecule has 0 aromatic heterocycles. The minimum Gasteiger partial charge on any atom is -0.493 e. The number of hydrogen-bond donors (Lipinski definition) is 2. The first-order valence-electron chi connectivity index (χ1n) is 4.24. The third-order valence-corrected chi connectivity index (χ3v) is 2.83. The highest BCUT2D eigenvalue weighted by molar-refractivity contribution is 7.98. The van der Waals surface area contributed by atoms with Crippen molar-refractivity contribution in [1.82, 2.24) is 4.72 Å². The monoisotopic (exact) mass is 226 g/mol. The van der Waals surface area contributed by atoms with Crippen molar-refractivity contribution in [3.05, 3.63) is 12.1 Å². The summed E-state index contributed by atoms with van der Waals surface area (Å²) in [5.74, 6) is 1.24. The van der Waals surface area contributed by atoms with Crippen LogP contribution in [0.4, 0.5) is 10.5 Å². The minimum absolute atomic E-state index is 0.236. The number of nitrogens with one attached hydrogen (secondary N) is 2. The van der Waals surface area contributed by atoms with E-state index in [9.17, 15) is 4.79 Å². The van der Waals surface area contributed by atoms with Gasteiger partial charge >= 0.3 is 6.03 Å². The first kappa shape index (κ1) is 9.97. The minimum atomic E-state index is -0.236. The zero-order chi connectivity index (χ0) is 10.8. The summed E-state index contributed by atoms with van der Waals surface area (Å²) in [4.78, 5) is 12.0. The lowest BCUT2D eigenvalue weighted by atomic mass is 10.2. The highest BCUT2D eigenvalue weighted by atomic mass is 32.2. The summed E-state index contributed by atoms with van der Waals surface area (Å²) in [5, 5.41) is 2.68. The molecule has 0 atom stereocenters. The Bertz CT molecular complexity index is 409. The molecule has 6 heteroatoms. The van der Waals surface area contributed by atoms with Gasteiger partial charge in [-0.25, -0.2) is 4.79 Å². The number of carbonyl (C=O) groups excluding carboxylic acids is 1. The summed E-state index contributed by atoms with van der Waals surface area (Å²) in [7, 11) is 3.13. The van der Waals surface area contributed by atoms with Gasteiger partial charge in [0.1, 0.15) is 0 Å². The van der Waals surface area contributed by atoms with E-state index < -0.39 is 0 Å². The lowest BCUT2D eigenvalue weighted by Crippen LogP contribution is -2.26. The Balaban J connectivity index is 2.45. The molecule has 0 unspecified atom stereocenters. The standard InChI is InChI=1S/C9H10N2O3S/c1-13-6-3-5-8(4-7(6)14-2)15-11-9(12)10-5/h3-4H,1-2H3,(H2,10,11,12). The fraction of sp³-hybridized carbons (Fsp3) is 0.222. The Kier molecular flexibility index (Phi) is 2.59. The highest BCUT2D eigenvalue weighted by Crippen LogP contribution is 2.38. The molecule has 0 saturated heterocycles.